The molecule has 0 bridgehead atoms. The minimum absolute atomic E-state index is 0.0341. The number of carbonyl (C=O) groups excluding carboxylic acids is 1. The van der Waals surface area contributed by atoms with Crippen LogP contribution in [0.3, 0.4) is 0 Å². The number of carbonyl (C=O) groups is 1. The van der Waals surface area contributed by atoms with Gasteiger partial charge >= 0.3 is 0 Å². The van der Waals surface area contributed by atoms with Gasteiger partial charge in [0.05, 0.1) is 17.0 Å². The fourth-order valence-corrected chi connectivity index (χ4v) is 2.96. The summed E-state index contributed by atoms with van der Waals surface area (Å²) in [5.41, 5.74) is 0.967. The van der Waals surface area contributed by atoms with Crippen LogP contribution in [-0.2, 0) is 0 Å². The molecule has 0 spiro atoms. The molecule has 112 valence electrons. The maximum atomic E-state index is 12.9. The SMILES string of the molecule is C[C@@]1(C#N)CCCN(C(=O)c2ccccc2-c2ncc[nH]2)C1. The van der Waals surface area contributed by atoms with Crippen molar-refractivity contribution in [3.05, 3.63) is 42.2 Å². The summed E-state index contributed by atoms with van der Waals surface area (Å²) in [5, 5.41) is 9.32. The minimum atomic E-state index is -0.451. The average Bonchev–Trinajstić information content (AvgIpc) is 3.08. The molecule has 1 aromatic carbocycles. The van der Waals surface area contributed by atoms with Crippen molar-refractivity contribution in [2.24, 2.45) is 5.41 Å². The van der Waals surface area contributed by atoms with E-state index in [1.54, 1.807) is 17.3 Å². The number of amides is 1. The van der Waals surface area contributed by atoms with Gasteiger partial charge in [-0.2, -0.15) is 5.26 Å². The number of aromatic nitrogens is 2. The van der Waals surface area contributed by atoms with E-state index < -0.39 is 5.41 Å². The standard InChI is InChI=1S/C17H18N4O/c1-17(11-18)7-4-10-21(12-17)16(22)14-6-3-2-5-13(14)15-19-8-9-20-15/h2-3,5-6,8-9H,4,7,10,12H2,1H3,(H,19,20)/t17-/m0/s1. The monoisotopic (exact) mass is 294 g/mol. The van der Waals surface area contributed by atoms with Crippen molar-refractivity contribution in [3.8, 4) is 17.5 Å². The molecule has 1 fully saturated rings. The van der Waals surface area contributed by atoms with Crippen molar-refractivity contribution in [1.29, 1.82) is 5.26 Å². The largest absolute Gasteiger partial charge is 0.345 e. The number of nitrogens with one attached hydrogen (secondary N) is 1. The third-order valence-corrected chi connectivity index (χ3v) is 4.16. The van der Waals surface area contributed by atoms with E-state index in [1.165, 1.54) is 0 Å². The van der Waals surface area contributed by atoms with E-state index in [-0.39, 0.29) is 5.91 Å². The molecule has 1 aliphatic rings. The van der Waals surface area contributed by atoms with E-state index in [9.17, 15) is 10.1 Å². The molecule has 1 aromatic heterocycles. The summed E-state index contributed by atoms with van der Waals surface area (Å²) in [4.78, 5) is 22.0. The van der Waals surface area contributed by atoms with Gasteiger partial charge in [0.2, 0.25) is 0 Å². The summed E-state index contributed by atoms with van der Waals surface area (Å²) in [6.07, 6.45) is 5.11. The zero-order valence-corrected chi connectivity index (χ0v) is 12.5. The number of likely N-dealkylation sites (tertiary alicyclic amines) is 1. The molecule has 3 rings (SSSR count). The molecule has 2 aromatic rings. The number of rotatable bonds is 2. The summed E-state index contributed by atoms with van der Waals surface area (Å²) in [6.45, 7) is 3.10. The summed E-state index contributed by atoms with van der Waals surface area (Å²) in [5.74, 6) is 0.650. The van der Waals surface area contributed by atoms with Crippen LogP contribution in [0.25, 0.3) is 11.4 Å². The maximum Gasteiger partial charge on any atom is 0.254 e. The highest BCUT2D eigenvalue weighted by Gasteiger charge is 2.34. The van der Waals surface area contributed by atoms with Gasteiger partial charge in [0.1, 0.15) is 5.82 Å². The Bertz CT molecular complexity index is 717. The summed E-state index contributed by atoms with van der Waals surface area (Å²) >= 11 is 0. The van der Waals surface area contributed by atoms with Gasteiger partial charge in [0.25, 0.3) is 5.91 Å². The Balaban J connectivity index is 1.92. The summed E-state index contributed by atoms with van der Waals surface area (Å²) in [7, 11) is 0. The molecule has 0 unspecified atom stereocenters. The zero-order valence-electron chi connectivity index (χ0n) is 12.5. The summed E-state index contributed by atoms with van der Waals surface area (Å²) < 4.78 is 0. The van der Waals surface area contributed by atoms with Crippen LogP contribution in [-0.4, -0.2) is 33.9 Å². The van der Waals surface area contributed by atoms with E-state index in [0.29, 0.717) is 24.5 Å². The Kier molecular flexibility index (Phi) is 3.68. The lowest BCUT2D eigenvalue weighted by atomic mass is 9.83. The second-order valence-electron chi connectivity index (χ2n) is 5.99. The van der Waals surface area contributed by atoms with Crippen molar-refractivity contribution in [2.75, 3.05) is 13.1 Å². The first kappa shape index (κ1) is 14.3. The van der Waals surface area contributed by atoms with Crippen LogP contribution in [0.2, 0.25) is 0 Å². The number of piperidine rings is 1. The van der Waals surface area contributed by atoms with E-state index in [4.69, 9.17) is 0 Å². The molecular weight excluding hydrogens is 276 g/mol. The lowest BCUT2D eigenvalue weighted by Gasteiger charge is -2.36. The van der Waals surface area contributed by atoms with Gasteiger partial charge in [-0.25, -0.2) is 4.98 Å². The number of hydrogen-bond donors (Lipinski definition) is 1. The van der Waals surface area contributed by atoms with Gasteiger partial charge in [0, 0.05) is 31.0 Å². The van der Waals surface area contributed by atoms with Crippen LogP contribution in [0.4, 0.5) is 0 Å². The van der Waals surface area contributed by atoms with E-state index in [1.807, 2.05) is 31.2 Å². The molecular formula is C17H18N4O. The topological polar surface area (TPSA) is 72.8 Å². The Morgan fingerprint density at radius 3 is 3.00 bits per heavy atom. The first-order valence-electron chi connectivity index (χ1n) is 7.42. The second-order valence-corrected chi connectivity index (χ2v) is 5.99. The van der Waals surface area contributed by atoms with E-state index in [2.05, 4.69) is 16.0 Å². The molecule has 1 amide bonds. The van der Waals surface area contributed by atoms with Gasteiger partial charge in [-0.05, 0) is 25.8 Å². The van der Waals surface area contributed by atoms with Crippen LogP contribution in [0, 0.1) is 16.7 Å². The highest BCUT2D eigenvalue weighted by molar-refractivity contribution is 6.00. The van der Waals surface area contributed by atoms with Crippen molar-refractivity contribution in [3.63, 3.8) is 0 Å². The fraction of sp³-hybridized carbons (Fsp3) is 0.353. The number of nitrogens with zero attached hydrogens (tertiary/aromatic N) is 3. The molecule has 0 radical (unpaired) electrons. The lowest BCUT2D eigenvalue weighted by molar-refractivity contribution is 0.0631. The molecule has 0 saturated carbocycles. The van der Waals surface area contributed by atoms with Crippen LogP contribution in [0.1, 0.15) is 30.1 Å². The van der Waals surface area contributed by atoms with Crippen LogP contribution in [0.5, 0.6) is 0 Å². The van der Waals surface area contributed by atoms with Gasteiger partial charge in [-0.1, -0.05) is 18.2 Å². The van der Waals surface area contributed by atoms with Crippen LogP contribution >= 0.6 is 0 Å². The number of imidazole rings is 1. The fourth-order valence-electron chi connectivity index (χ4n) is 2.96. The van der Waals surface area contributed by atoms with Gasteiger partial charge in [-0.15, -0.1) is 0 Å². The summed E-state index contributed by atoms with van der Waals surface area (Å²) in [6, 6.07) is 9.80. The van der Waals surface area contributed by atoms with Crippen LogP contribution in [0.15, 0.2) is 36.7 Å². The van der Waals surface area contributed by atoms with Gasteiger partial charge < -0.3 is 9.88 Å². The Morgan fingerprint density at radius 1 is 1.45 bits per heavy atom. The smallest absolute Gasteiger partial charge is 0.254 e. The van der Waals surface area contributed by atoms with E-state index in [0.717, 1.165) is 18.4 Å². The molecule has 1 aliphatic heterocycles. The Morgan fingerprint density at radius 2 is 2.27 bits per heavy atom. The molecule has 0 aliphatic carbocycles. The van der Waals surface area contributed by atoms with Gasteiger partial charge in [-0.3, -0.25) is 4.79 Å². The van der Waals surface area contributed by atoms with Crippen molar-refractivity contribution < 1.29 is 4.79 Å². The predicted molar refractivity (Wildman–Crippen MR) is 82.9 cm³/mol. The third kappa shape index (κ3) is 2.60. The molecule has 5 nitrogen and oxygen atoms in total. The molecule has 1 saturated heterocycles. The highest BCUT2D eigenvalue weighted by Crippen LogP contribution is 2.30. The maximum absolute atomic E-state index is 12.9. The number of H-pyrrole nitrogens is 1. The molecule has 2 heterocycles. The Labute approximate surface area is 129 Å². The molecule has 1 N–H and O–H groups in total. The first-order chi connectivity index (χ1) is 10.6. The van der Waals surface area contributed by atoms with Gasteiger partial charge in [0.15, 0.2) is 0 Å². The zero-order chi connectivity index (χ0) is 15.6. The lowest BCUT2D eigenvalue weighted by Crippen LogP contribution is -2.44. The van der Waals surface area contributed by atoms with E-state index >= 15 is 0 Å². The second kappa shape index (κ2) is 5.64. The predicted octanol–water partition coefficient (Wildman–Crippen LogP) is 2.84. The minimum Gasteiger partial charge on any atom is -0.345 e. The number of hydrogen-bond acceptors (Lipinski definition) is 3. The quantitative estimate of drug-likeness (QED) is 0.925. The number of aromatic amines is 1. The highest BCUT2D eigenvalue weighted by atomic mass is 16.2. The Hall–Kier alpha value is -2.61. The van der Waals surface area contributed by atoms with Crippen LogP contribution < -0.4 is 0 Å². The average molecular weight is 294 g/mol. The number of nitriles is 1. The third-order valence-electron chi connectivity index (χ3n) is 4.16. The molecule has 5 heteroatoms. The first-order valence-corrected chi connectivity index (χ1v) is 7.42. The molecule has 1 atom stereocenters. The van der Waals surface area contributed by atoms with Crippen molar-refractivity contribution in [1.82, 2.24) is 14.9 Å². The van der Waals surface area contributed by atoms with Crippen molar-refractivity contribution >= 4 is 5.91 Å². The number of benzene rings is 1. The van der Waals surface area contributed by atoms with Crippen molar-refractivity contribution in [2.45, 2.75) is 19.8 Å². The normalized spacial score (nSPS) is 21.4. The molecule has 22 heavy (non-hydrogen) atoms.